The lowest BCUT2D eigenvalue weighted by Crippen LogP contribution is -2.60. The van der Waals surface area contributed by atoms with Gasteiger partial charge in [-0.15, -0.1) is 0 Å². The maximum Gasteiger partial charge on any atom is 0.139 e. The zero-order chi connectivity index (χ0) is 18.8. The van der Waals surface area contributed by atoms with Crippen LogP contribution >= 0.6 is 0 Å². The average Bonchev–Trinajstić information content (AvgIpc) is 2.83. The van der Waals surface area contributed by atoms with E-state index in [1.807, 2.05) is 0 Å². The lowest BCUT2D eigenvalue weighted by molar-refractivity contribution is 0.920. The fourth-order valence-corrected chi connectivity index (χ4v) is 13.6. The Labute approximate surface area is 154 Å². The molecule has 25 heavy (non-hydrogen) atoms. The van der Waals surface area contributed by atoms with E-state index in [2.05, 4.69) is 91.8 Å². The summed E-state index contributed by atoms with van der Waals surface area (Å²) in [6, 6.07) is 13.0. The number of hydrogen-bond donors (Lipinski definition) is 1. The quantitative estimate of drug-likeness (QED) is 0.636. The van der Waals surface area contributed by atoms with Gasteiger partial charge in [-0.3, -0.25) is 0 Å². The van der Waals surface area contributed by atoms with Crippen molar-refractivity contribution in [3.05, 3.63) is 41.6 Å². The van der Waals surface area contributed by atoms with Crippen LogP contribution in [-0.2, 0) is 6.42 Å². The van der Waals surface area contributed by atoms with Crippen LogP contribution < -0.4 is 4.23 Å². The van der Waals surface area contributed by atoms with Crippen LogP contribution in [0.25, 0.3) is 11.1 Å². The molecule has 0 spiro atoms. The molecular formula is C20H31N3Si2. The normalized spacial score (nSPS) is 12.1. The first-order chi connectivity index (χ1) is 11.6. The molecule has 0 fully saturated rings. The molecule has 1 N–H and O–H groups in total. The number of H-pyrrole nitrogens is 1. The number of aromatic nitrogens is 1. The molecule has 0 radical (unpaired) electrons. The molecule has 1 aromatic carbocycles. The highest BCUT2D eigenvalue weighted by Crippen LogP contribution is 2.40. The summed E-state index contributed by atoms with van der Waals surface area (Å²) >= 11 is 0. The number of rotatable bonds is 6. The fourth-order valence-electron chi connectivity index (χ4n) is 3.88. The van der Waals surface area contributed by atoms with Crippen molar-refractivity contribution in [2.24, 2.45) is 0 Å². The third kappa shape index (κ3) is 4.08. The van der Waals surface area contributed by atoms with E-state index in [9.17, 15) is 5.26 Å². The lowest BCUT2D eigenvalue weighted by Gasteiger charge is -2.45. The van der Waals surface area contributed by atoms with E-state index in [4.69, 9.17) is 0 Å². The summed E-state index contributed by atoms with van der Waals surface area (Å²) in [6.45, 7) is 16.5. The van der Waals surface area contributed by atoms with Gasteiger partial charge >= 0.3 is 0 Å². The molecule has 0 amide bonds. The Morgan fingerprint density at radius 1 is 1.00 bits per heavy atom. The van der Waals surface area contributed by atoms with Crippen molar-refractivity contribution in [2.75, 3.05) is 4.23 Å². The fraction of sp³-hybridized carbons (Fsp3) is 0.450. The van der Waals surface area contributed by atoms with Gasteiger partial charge in [0.05, 0.1) is 5.82 Å². The summed E-state index contributed by atoms with van der Waals surface area (Å²) in [5.41, 5.74) is 4.36. The Hall–Kier alpha value is -1.78. The second kappa shape index (κ2) is 7.22. The van der Waals surface area contributed by atoms with Gasteiger partial charge in [0, 0.05) is 5.56 Å². The predicted octanol–water partition coefficient (Wildman–Crippen LogP) is 5.98. The molecule has 5 heteroatoms. The van der Waals surface area contributed by atoms with E-state index in [1.54, 1.807) is 0 Å². The summed E-state index contributed by atoms with van der Waals surface area (Å²) in [5.74, 6) is 1.17. The largest absolute Gasteiger partial charge is 0.411 e. The summed E-state index contributed by atoms with van der Waals surface area (Å²) in [5, 5.41) is 9.74. The van der Waals surface area contributed by atoms with Crippen molar-refractivity contribution >= 4 is 22.3 Å². The maximum absolute atomic E-state index is 9.74. The molecule has 0 saturated carbocycles. The van der Waals surface area contributed by atoms with Gasteiger partial charge in [-0.2, -0.15) is 5.26 Å². The highest BCUT2D eigenvalue weighted by Gasteiger charge is 2.38. The van der Waals surface area contributed by atoms with Crippen LogP contribution in [-0.4, -0.2) is 21.5 Å². The standard InChI is InChI=1S/C20H31N3Si2/c1-8-12-17-18(15-21)22-20(19(17)16-13-10-9-11-14-16)23(24(2,3)4)25(5,6)7/h9-11,13-14,22H,8,12H2,1-7H3. The van der Waals surface area contributed by atoms with E-state index in [1.165, 1.54) is 22.5 Å². The minimum Gasteiger partial charge on any atom is -0.411 e. The van der Waals surface area contributed by atoms with Crippen molar-refractivity contribution in [3.8, 4) is 17.2 Å². The van der Waals surface area contributed by atoms with Gasteiger partial charge in [-0.05, 0) is 17.5 Å². The summed E-state index contributed by atoms with van der Waals surface area (Å²) in [6.07, 6.45) is 1.96. The van der Waals surface area contributed by atoms with Gasteiger partial charge in [-0.1, -0.05) is 83.0 Å². The number of hydrogen-bond acceptors (Lipinski definition) is 2. The number of benzene rings is 1. The molecule has 0 atom stereocenters. The van der Waals surface area contributed by atoms with Crippen molar-refractivity contribution in [1.82, 2.24) is 4.98 Å². The topological polar surface area (TPSA) is 42.8 Å². The Morgan fingerprint density at radius 2 is 1.56 bits per heavy atom. The average molecular weight is 370 g/mol. The number of nitrogens with one attached hydrogen (secondary N) is 1. The smallest absolute Gasteiger partial charge is 0.139 e. The maximum atomic E-state index is 9.74. The molecule has 0 unspecified atom stereocenters. The van der Waals surface area contributed by atoms with Gasteiger partial charge in [0.25, 0.3) is 0 Å². The summed E-state index contributed by atoms with van der Waals surface area (Å²) < 4.78 is 2.68. The van der Waals surface area contributed by atoms with E-state index < -0.39 is 16.5 Å². The van der Waals surface area contributed by atoms with E-state index >= 15 is 0 Å². The van der Waals surface area contributed by atoms with Gasteiger partial charge < -0.3 is 9.22 Å². The second-order valence-electron chi connectivity index (χ2n) is 8.61. The molecule has 0 saturated heterocycles. The zero-order valence-corrected chi connectivity index (χ0v) is 18.7. The summed E-state index contributed by atoms with van der Waals surface area (Å²) in [4.78, 5) is 3.53. The first-order valence-corrected chi connectivity index (χ1v) is 16.0. The van der Waals surface area contributed by atoms with Crippen LogP contribution in [0.5, 0.6) is 0 Å². The van der Waals surface area contributed by atoms with E-state index in [0.29, 0.717) is 0 Å². The number of anilines is 1. The van der Waals surface area contributed by atoms with Crippen LogP contribution in [0.4, 0.5) is 5.82 Å². The first-order valence-electron chi connectivity index (χ1n) is 9.12. The molecule has 2 rings (SSSR count). The first kappa shape index (κ1) is 19.5. The molecular weight excluding hydrogens is 338 g/mol. The van der Waals surface area contributed by atoms with Crippen molar-refractivity contribution < 1.29 is 0 Å². The Kier molecular flexibility index (Phi) is 5.65. The molecule has 134 valence electrons. The highest BCUT2D eigenvalue weighted by molar-refractivity contribution is 6.99. The monoisotopic (exact) mass is 369 g/mol. The van der Waals surface area contributed by atoms with Crippen LogP contribution in [0.15, 0.2) is 30.3 Å². The SMILES string of the molecule is CCCc1c(C#N)[nH]c(N([Si](C)(C)C)[Si](C)(C)C)c1-c1ccccc1. The minimum atomic E-state index is -1.62. The minimum absolute atomic E-state index is 0.734. The lowest BCUT2D eigenvalue weighted by atomic mass is 9.99. The number of nitrogens with zero attached hydrogens (tertiary/aromatic N) is 2. The van der Waals surface area contributed by atoms with Gasteiger partial charge in [-0.25, -0.2) is 0 Å². The molecule has 1 aromatic heterocycles. The highest BCUT2D eigenvalue weighted by atomic mass is 28.4. The third-order valence-corrected chi connectivity index (χ3v) is 11.5. The Morgan fingerprint density at radius 3 is 2.00 bits per heavy atom. The van der Waals surface area contributed by atoms with Crippen LogP contribution in [0.2, 0.25) is 39.3 Å². The van der Waals surface area contributed by atoms with Crippen molar-refractivity contribution in [2.45, 2.75) is 59.0 Å². The van der Waals surface area contributed by atoms with Crippen LogP contribution in [0.1, 0.15) is 24.6 Å². The molecule has 0 aliphatic heterocycles. The second-order valence-corrected chi connectivity index (χ2v) is 18.6. The van der Waals surface area contributed by atoms with Gasteiger partial charge in [0.15, 0.2) is 0 Å². The molecule has 2 aromatic rings. The van der Waals surface area contributed by atoms with Gasteiger partial charge in [0.2, 0.25) is 0 Å². The number of aromatic amines is 1. The molecule has 0 bridgehead atoms. The Bertz CT molecular complexity index is 745. The number of nitriles is 1. The molecule has 0 aliphatic carbocycles. The Balaban J connectivity index is 2.84. The molecule has 1 heterocycles. The van der Waals surface area contributed by atoms with Crippen molar-refractivity contribution in [3.63, 3.8) is 0 Å². The third-order valence-electron chi connectivity index (χ3n) is 4.32. The van der Waals surface area contributed by atoms with Crippen molar-refractivity contribution in [1.29, 1.82) is 5.26 Å². The van der Waals surface area contributed by atoms with Crippen LogP contribution in [0, 0.1) is 11.3 Å². The van der Waals surface area contributed by atoms with Gasteiger partial charge in [0.1, 0.15) is 28.2 Å². The van der Waals surface area contributed by atoms with E-state index in [0.717, 1.165) is 18.5 Å². The molecule has 3 nitrogen and oxygen atoms in total. The van der Waals surface area contributed by atoms with Crippen LogP contribution in [0.3, 0.4) is 0 Å². The zero-order valence-electron chi connectivity index (χ0n) is 16.7. The summed E-state index contributed by atoms with van der Waals surface area (Å²) in [7, 11) is -3.24. The molecule has 0 aliphatic rings. The van der Waals surface area contributed by atoms with E-state index in [-0.39, 0.29) is 0 Å². The predicted molar refractivity (Wildman–Crippen MR) is 114 cm³/mol.